The summed E-state index contributed by atoms with van der Waals surface area (Å²) in [5, 5.41) is 0. The van der Waals surface area contributed by atoms with Crippen molar-refractivity contribution in [2.45, 2.75) is 26.9 Å². The third-order valence-electron chi connectivity index (χ3n) is 1.33. The first-order valence-electron chi connectivity index (χ1n) is 4.24. The Balaban J connectivity index is 4.16. The van der Waals surface area contributed by atoms with Crippen molar-refractivity contribution >= 4 is 6.21 Å². The van der Waals surface area contributed by atoms with Crippen LogP contribution in [0.4, 0.5) is 0 Å². The molecule has 0 saturated heterocycles. The van der Waals surface area contributed by atoms with Gasteiger partial charge in [0.25, 0.3) is 0 Å². The molecule has 0 aromatic heterocycles. The van der Waals surface area contributed by atoms with Gasteiger partial charge in [0, 0.05) is 12.4 Å². The highest BCUT2D eigenvalue weighted by Crippen LogP contribution is 2.09. The van der Waals surface area contributed by atoms with Crippen LogP contribution in [0.3, 0.4) is 0 Å². The Morgan fingerprint density at radius 1 is 1.46 bits per heavy atom. The van der Waals surface area contributed by atoms with Crippen molar-refractivity contribution in [3.8, 4) is 0 Å². The van der Waals surface area contributed by atoms with Gasteiger partial charge in [0.2, 0.25) is 0 Å². The molecule has 2 nitrogen and oxygen atoms in total. The topological polar surface area (TPSA) is 21.6 Å². The first-order chi connectivity index (χ1) is 6.07. The van der Waals surface area contributed by atoms with E-state index in [0.717, 1.165) is 5.57 Å². The van der Waals surface area contributed by atoms with Crippen LogP contribution in [-0.2, 0) is 4.74 Å². The van der Waals surface area contributed by atoms with E-state index in [9.17, 15) is 0 Å². The van der Waals surface area contributed by atoms with Crippen LogP contribution >= 0.6 is 0 Å². The fourth-order valence-electron chi connectivity index (χ4n) is 0.686. The number of allylic oxidation sites excluding steroid dienone is 2. The third kappa shape index (κ3) is 5.91. The first-order valence-corrected chi connectivity index (χ1v) is 4.24. The minimum Gasteiger partial charge on any atom is -0.491 e. The summed E-state index contributed by atoms with van der Waals surface area (Å²) in [6, 6.07) is 0. The smallest absolute Gasteiger partial charge is 0.115 e. The average Bonchev–Trinajstić information content (AvgIpc) is 2.03. The summed E-state index contributed by atoms with van der Waals surface area (Å²) in [7, 11) is 0. The van der Waals surface area contributed by atoms with Crippen molar-refractivity contribution in [1.29, 1.82) is 0 Å². The summed E-state index contributed by atoms with van der Waals surface area (Å²) in [6.45, 7) is 13.1. The first kappa shape index (κ1) is 11.7. The second-order valence-corrected chi connectivity index (χ2v) is 2.92. The predicted molar refractivity (Wildman–Crippen MR) is 57.8 cm³/mol. The molecule has 72 valence electrons. The maximum atomic E-state index is 5.39. The van der Waals surface area contributed by atoms with E-state index in [0.29, 0.717) is 5.76 Å². The van der Waals surface area contributed by atoms with Gasteiger partial charge in [-0.15, -0.1) is 0 Å². The van der Waals surface area contributed by atoms with E-state index in [-0.39, 0.29) is 6.10 Å². The second-order valence-electron chi connectivity index (χ2n) is 2.92. The van der Waals surface area contributed by atoms with Crippen molar-refractivity contribution in [1.82, 2.24) is 0 Å². The van der Waals surface area contributed by atoms with Gasteiger partial charge in [0.1, 0.15) is 5.76 Å². The molecule has 0 atom stereocenters. The van der Waals surface area contributed by atoms with Crippen LogP contribution in [0, 0.1) is 0 Å². The summed E-state index contributed by atoms with van der Waals surface area (Å²) >= 11 is 0. The molecule has 0 fully saturated rings. The van der Waals surface area contributed by atoms with Crippen LogP contribution < -0.4 is 0 Å². The highest BCUT2D eigenvalue weighted by Gasteiger charge is 1.99. The minimum atomic E-state index is 0.159. The van der Waals surface area contributed by atoms with Gasteiger partial charge >= 0.3 is 0 Å². The summed E-state index contributed by atoms with van der Waals surface area (Å²) in [6.07, 6.45) is 5.14. The van der Waals surface area contributed by atoms with E-state index in [1.807, 2.05) is 26.8 Å². The normalized spacial score (nSPS) is 12.2. The monoisotopic (exact) mass is 179 g/mol. The minimum absolute atomic E-state index is 0.159. The average molecular weight is 179 g/mol. The van der Waals surface area contributed by atoms with Gasteiger partial charge < -0.3 is 4.74 Å². The summed E-state index contributed by atoms with van der Waals surface area (Å²) in [5.41, 5.74) is 0.972. The molecule has 0 amide bonds. The Morgan fingerprint density at radius 2 is 2.08 bits per heavy atom. The van der Waals surface area contributed by atoms with E-state index in [4.69, 9.17) is 4.74 Å². The summed E-state index contributed by atoms with van der Waals surface area (Å²) in [5.74, 6) is 0.686. The molecule has 0 spiro atoms. The molecular formula is C11H17NO. The maximum absolute atomic E-state index is 5.39. The number of hydrogen-bond donors (Lipinski definition) is 0. The molecule has 2 heteroatoms. The predicted octanol–water partition coefficient (Wildman–Crippen LogP) is 3.09. The highest BCUT2D eigenvalue weighted by molar-refractivity contribution is 5.73. The summed E-state index contributed by atoms with van der Waals surface area (Å²) < 4.78 is 5.39. The van der Waals surface area contributed by atoms with Gasteiger partial charge in [-0.2, -0.15) is 0 Å². The molecule has 0 aromatic rings. The molecule has 0 N–H and O–H groups in total. The van der Waals surface area contributed by atoms with Gasteiger partial charge in [-0.3, -0.25) is 4.99 Å². The molecule has 0 saturated carbocycles. The van der Waals surface area contributed by atoms with Crippen molar-refractivity contribution < 1.29 is 4.74 Å². The number of hydrogen-bond acceptors (Lipinski definition) is 2. The second kappa shape index (κ2) is 6.23. The lowest BCUT2D eigenvalue weighted by molar-refractivity contribution is 0.155. The van der Waals surface area contributed by atoms with Crippen molar-refractivity contribution in [3.05, 3.63) is 36.8 Å². The Bertz CT molecular complexity index is 236. The van der Waals surface area contributed by atoms with Crippen LogP contribution in [0.25, 0.3) is 0 Å². The van der Waals surface area contributed by atoms with Crippen LogP contribution in [0.1, 0.15) is 20.8 Å². The maximum Gasteiger partial charge on any atom is 0.115 e. The van der Waals surface area contributed by atoms with Crippen LogP contribution in [0.15, 0.2) is 41.8 Å². The molecule has 0 rings (SSSR count). The fraction of sp³-hybridized carbons (Fsp3) is 0.364. The van der Waals surface area contributed by atoms with Gasteiger partial charge in [-0.1, -0.05) is 13.2 Å². The van der Waals surface area contributed by atoms with Gasteiger partial charge in [-0.05, 0) is 32.4 Å². The van der Waals surface area contributed by atoms with Crippen LogP contribution in [-0.4, -0.2) is 12.3 Å². The third-order valence-corrected chi connectivity index (χ3v) is 1.33. The molecule has 0 aliphatic heterocycles. The van der Waals surface area contributed by atoms with Crippen LogP contribution in [0.5, 0.6) is 0 Å². The van der Waals surface area contributed by atoms with Gasteiger partial charge in [0.05, 0.1) is 6.10 Å². The van der Waals surface area contributed by atoms with Crippen LogP contribution in [0.2, 0.25) is 0 Å². The lowest BCUT2D eigenvalue weighted by atomic mass is 10.2. The van der Waals surface area contributed by atoms with Crippen molar-refractivity contribution in [2.24, 2.45) is 4.99 Å². The zero-order valence-electron chi connectivity index (χ0n) is 8.58. The lowest BCUT2D eigenvalue weighted by Crippen LogP contribution is -2.02. The van der Waals surface area contributed by atoms with Crippen molar-refractivity contribution in [3.63, 3.8) is 0 Å². The van der Waals surface area contributed by atoms with Gasteiger partial charge in [-0.25, -0.2) is 0 Å². The molecule has 0 aliphatic rings. The Kier molecular flexibility index (Phi) is 5.60. The number of rotatable bonds is 5. The van der Waals surface area contributed by atoms with Gasteiger partial charge in [0.15, 0.2) is 0 Å². The zero-order valence-corrected chi connectivity index (χ0v) is 8.58. The molecular weight excluding hydrogens is 162 g/mol. The fourth-order valence-corrected chi connectivity index (χ4v) is 0.686. The molecule has 0 unspecified atom stereocenters. The molecule has 0 aliphatic carbocycles. The SMILES string of the molecule is C=CN=C/C=C(\C)C(=C)OC(C)C. The van der Waals surface area contributed by atoms with E-state index >= 15 is 0 Å². The van der Waals surface area contributed by atoms with E-state index in [1.165, 1.54) is 6.20 Å². The quantitative estimate of drug-likeness (QED) is 0.361. The number of aliphatic imine (C=N–C) groups is 1. The van der Waals surface area contributed by atoms with E-state index in [1.54, 1.807) is 6.21 Å². The molecule has 0 bridgehead atoms. The lowest BCUT2D eigenvalue weighted by Gasteiger charge is -2.11. The standard InChI is InChI=1S/C11H17NO/c1-6-12-8-7-10(4)11(5)13-9(2)3/h6-9H,1,5H2,2-4H3/b10-7+,12-8?. The molecule has 0 radical (unpaired) electrons. The molecule has 0 aromatic carbocycles. The highest BCUT2D eigenvalue weighted by atomic mass is 16.5. The summed E-state index contributed by atoms with van der Waals surface area (Å²) in [4.78, 5) is 3.84. The van der Waals surface area contributed by atoms with Crippen molar-refractivity contribution in [2.75, 3.05) is 0 Å². The Morgan fingerprint density at radius 3 is 2.54 bits per heavy atom. The number of nitrogens with zero attached hydrogens (tertiary/aromatic N) is 1. The number of ether oxygens (including phenoxy) is 1. The molecule has 13 heavy (non-hydrogen) atoms. The Labute approximate surface area is 80.3 Å². The van der Waals surface area contributed by atoms with E-state index < -0.39 is 0 Å². The van der Waals surface area contributed by atoms with E-state index in [2.05, 4.69) is 18.2 Å². The molecule has 0 heterocycles. The zero-order chi connectivity index (χ0) is 10.3. The largest absolute Gasteiger partial charge is 0.491 e. The Hall–Kier alpha value is -1.31.